The lowest BCUT2D eigenvalue weighted by atomic mass is 10.2. The van der Waals surface area contributed by atoms with Crippen molar-refractivity contribution in [1.82, 2.24) is 10.2 Å². The normalized spacial score (nSPS) is 16.1. The molecule has 1 aromatic rings. The molecule has 1 aliphatic heterocycles. The lowest BCUT2D eigenvalue weighted by Crippen LogP contribution is -2.39. The van der Waals surface area contributed by atoms with Gasteiger partial charge >= 0.3 is 0 Å². The number of nitrogens with two attached hydrogens (primary N) is 1. The van der Waals surface area contributed by atoms with Crippen LogP contribution < -0.4 is 11.1 Å². The number of anilines is 1. The first-order chi connectivity index (χ1) is 9.58. The van der Waals surface area contributed by atoms with E-state index in [1.54, 1.807) is 0 Å². The number of thioether (sulfide) groups is 1. The van der Waals surface area contributed by atoms with Gasteiger partial charge in [0.25, 0.3) is 5.91 Å². The van der Waals surface area contributed by atoms with Gasteiger partial charge < -0.3 is 11.1 Å². The van der Waals surface area contributed by atoms with E-state index < -0.39 is 0 Å². The van der Waals surface area contributed by atoms with Gasteiger partial charge in [0, 0.05) is 43.2 Å². The summed E-state index contributed by atoms with van der Waals surface area (Å²) >= 11 is 13.8. The van der Waals surface area contributed by atoms with Crippen molar-refractivity contribution in [2.24, 2.45) is 0 Å². The SMILES string of the molecule is Nc1c(Cl)cc(C(=O)NCCN2CCSCC2)cc1Cl. The fourth-order valence-electron chi connectivity index (χ4n) is 1.97. The average Bonchev–Trinajstić information content (AvgIpc) is 2.45. The number of nitrogen functional groups attached to an aromatic ring is 1. The molecule has 0 aliphatic carbocycles. The number of carbonyl (C=O) groups excluding carboxylic acids is 1. The predicted molar refractivity (Wildman–Crippen MR) is 87.0 cm³/mol. The Kier molecular flexibility index (Phi) is 5.84. The molecular weight excluding hydrogens is 317 g/mol. The second-order valence-corrected chi connectivity index (χ2v) is 6.60. The van der Waals surface area contributed by atoms with Gasteiger partial charge in [0.1, 0.15) is 0 Å². The van der Waals surface area contributed by atoms with E-state index in [1.165, 1.54) is 12.1 Å². The Hall–Kier alpha value is -0.620. The number of nitrogens with one attached hydrogen (secondary N) is 1. The van der Waals surface area contributed by atoms with Crippen molar-refractivity contribution in [2.45, 2.75) is 0 Å². The highest BCUT2D eigenvalue weighted by atomic mass is 35.5. The van der Waals surface area contributed by atoms with Crippen LogP contribution in [-0.4, -0.2) is 48.5 Å². The molecule has 0 spiro atoms. The van der Waals surface area contributed by atoms with Gasteiger partial charge in [-0.3, -0.25) is 9.69 Å². The van der Waals surface area contributed by atoms with E-state index in [0.717, 1.165) is 31.1 Å². The number of hydrogen-bond acceptors (Lipinski definition) is 4. The van der Waals surface area contributed by atoms with E-state index in [2.05, 4.69) is 10.2 Å². The van der Waals surface area contributed by atoms with E-state index in [4.69, 9.17) is 28.9 Å². The van der Waals surface area contributed by atoms with E-state index >= 15 is 0 Å². The van der Waals surface area contributed by atoms with E-state index in [1.807, 2.05) is 11.8 Å². The zero-order chi connectivity index (χ0) is 14.5. The maximum absolute atomic E-state index is 12.0. The number of rotatable bonds is 4. The maximum atomic E-state index is 12.0. The molecule has 1 heterocycles. The zero-order valence-corrected chi connectivity index (χ0v) is 13.3. The van der Waals surface area contributed by atoms with Crippen LogP contribution in [-0.2, 0) is 0 Å². The lowest BCUT2D eigenvalue weighted by Gasteiger charge is -2.26. The Labute approximate surface area is 133 Å². The topological polar surface area (TPSA) is 58.4 Å². The van der Waals surface area contributed by atoms with Gasteiger partial charge in [-0.1, -0.05) is 23.2 Å². The average molecular weight is 334 g/mol. The molecule has 4 nitrogen and oxygen atoms in total. The minimum atomic E-state index is -0.180. The van der Waals surface area contributed by atoms with E-state index in [-0.39, 0.29) is 5.91 Å². The molecule has 0 radical (unpaired) electrons. The molecule has 0 unspecified atom stereocenters. The number of carbonyl (C=O) groups is 1. The molecule has 20 heavy (non-hydrogen) atoms. The standard InChI is InChI=1S/C13H17Cl2N3OS/c14-10-7-9(8-11(15)12(10)16)13(19)17-1-2-18-3-5-20-6-4-18/h7-8H,1-6,16H2,(H,17,19). The Morgan fingerprint density at radius 2 is 1.90 bits per heavy atom. The Morgan fingerprint density at radius 3 is 2.50 bits per heavy atom. The molecule has 1 aliphatic rings. The molecule has 1 fully saturated rings. The number of halogens is 2. The molecule has 1 amide bonds. The van der Waals surface area contributed by atoms with Crippen molar-refractivity contribution in [3.63, 3.8) is 0 Å². The van der Waals surface area contributed by atoms with Gasteiger partial charge in [-0.2, -0.15) is 11.8 Å². The first-order valence-corrected chi connectivity index (χ1v) is 8.32. The van der Waals surface area contributed by atoms with Gasteiger partial charge in [0.05, 0.1) is 15.7 Å². The van der Waals surface area contributed by atoms with Crippen LogP contribution in [0.15, 0.2) is 12.1 Å². The van der Waals surface area contributed by atoms with Crippen molar-refractivity contribution < 1.29 is 4.79 Å². The second kappa shape index (κ2) is 7.41. The Balaban J connectivity index is 1.85. The molecule has 1 saturated heterocycles. The number of hydrogen-bond donors (Lipinski definition) is 2. The lowest BCUT2D eigenvalue weighted by molar-refractivity contribution is 0.0949. The van der Waals surface area contributed by atoms with Crippen LogP contribution in [0.4, 0.5) is 5.69 Å². The summed E-state index contributed by atoms with van der Waals surface area (Å²) in [5.74, 6) is 2.15. The van der Waals surface area contributed by atoms with Crippen molar-refractivity contribution in [2.75, 3.05) is 43.4 Å². The van der Waals surface area contributed by atoms with Crippen LogP contribution in [0.1, 0.15) is 10.4 Å². The first kappa shape index (κ1) is 15.8. The third-order valence-electron chi connectivity index (χ3n) is 3.16. The summed E-state index contributed by atoms with van der Waals surface area (Å²) in [4.78, 5) is 14.4. The molecule has 2 rings (SSSR count). The van der Waals surface area contributed by atoms with Crippen molar-refractivity contribution in [3.8, 4) is 0 Å². The summed E-state index contributed by atoms with van der Waals surface area (Å²) in [6, 6.07) is 3.07. The highest BCUT2D eigenvalue weighted by Gasteiger charge is 2.13. The van der Waals surface area contributed by atoms with Gasteiger partial charge in [-0.05, 0) is 12.1 Å². The van der Waals surface area contributed by atoms with Gasteiger partial charge in [-0.15, -0.1) is 0 Å². The van der Waals surface area contributed by atoms with Gasteiger partial charge in [-0.25, -0.2) is 0 Å². The summed E-state index contributed by atoms with van der Waals surface area (Å²) in [6.45, 7) is 3.64. The van der Waals surface area contributed by atoms with E-state index in [0.29, 0.717) is 27.8 Å². The Bertz CT molecular complexity index is 469. The van der Waals surface area contributed by atoms with Crippen LogP contribution in [0.5, 0.6) is 0 Å². The number of amides is 1. The van der Waals surface area contributed by atoms with Crippen molar-refractivity contribution in [3.05, 3.63) is 27.7 Å². The quantitative estimate of drug-likeness (QED) is 0.830. The van der Waals surface area contributed by atoms with Crippen LogP contribution in [0.3, 0.4) is 0 Å². The molecular formula is C13H17Cl2N3OS. The largest absolute Gasteiger partial charge is 0.396 e. The highest BCUT2D eigenvalue weighted by molar-refractivity contribution is 7.99. The molecule has 0 atom stereocenters. The molecule has 3 N–H and O–H groups in total. The first-order valence-electron chi connectivity index (χ1n) is 6.41. The molecule has 7 heteroatoms. The van der Waals surface area contributed by atoms with Crippen LogP contribution in [0.2, 0.25) is 10.0 Å². The fourth-order valence-corrected chi connectivity index (χ4v) is 3.44. The maximum Gasteiger partial charge on any atom is 0.251 e. The summed E-state index contributed by atoms with van der Waals surface area (Å²) < 4.78 is 0. The van der Waals surface area contributed by atoms with Crippen molar-refractivity contribution >= 4 is 46.6 Å². The Morgan fingerprint density at radius 1 is 1.30 bits per heavy atom. The minimum Gasteiger partial charge on any atom is -0.396 e. The van der Waals surface area contributed by atoms with Crippen LogP contribution in [0, 0.1) is 0 Å². The number of benzene rings is 1. The smallest absolute Gasteiger partial charge is 0.251 e. The predicted octanol–water partition coefficient (Wildman–Crippen LogP) is 2.35. The highest BCUT2D eigenvalue weighted by Crippen LogP contribution is 2.28. The summed E-state index contributed by atoms with van der Waals surface area (Å²) in [7, 11) is 0. The van der Waals surface area contributed by atoms with Gasteiger partial charge in [0.2, 0.25) is 0 Å². The third kappa shape index (κ3) is 4.19. The van der Waals surface area contributed by atoms with Crippen LogP contribution in [0.25, 0.3) is 0 Å². The monoisotopic (exact) mass is 333 g/mol. The van der Waals surface area contributed by atoms with Gasteiger partial charge in [0.15, 0.2) is 0 Å². The molecule has 1 aromatic carbocycles. The number of nitrogens with zero attached hydrogens (tertiary/aromatic N) is 1. The summed E-state index contributed by atoms with van der Waals surface area (Å²) in [5, 5.41) is 3.48. The second-order valence-electron chi connectivity index (χ2n) is 4.56. The molecule has 110 valence electrons. The fraction of sp³-hybridized carbons (Fsp3) is 0.462. The van der Waals surface area contributed by atoms with Crippen LogP contribution >= 0.6 is 35.0 Å². The molecule has 0 aromatic heterocycles. The zero-order valence-electron chi connectivity index (χ0n) is 11.0. The minimum absolute atomic E-state index is 0.180. The summed E-state index contributed by atoms with van der Waals surface area (Å²) in [6.07, 6.45) is 0. The third-order valence-corrected chi connectivity index (χ3v) is 4.73. The van der Waals surface area contributed by atoms with E-state index in [9.17, 15) is 4.79 Å². The molecule has 0 bridgehead atoms. The van der Waals surface area contributed by atoms with Crippen molar-refractivity contribution in [1.29, 1.82) is 0 Å². The molecule has 0 saturated carbocycles. The summed E-state index contributed by atoms with van der Waals surface area (Å²) in [5.41, 5.74) is 6.38.